The maximum atomic E-state index is 13.1. The van der Waals surface area contributed by atoms with E-state index in [4.69, 9.17) is 10.8 Å². The molecule has 6 heteroatoms. The molecule has 0 fully saturated rings. The Balaban J connectivity index is 2.90. The zero-order valence-corrected chi connectivity index (χ0v) is 9.52. The molecule has 1 unspecified atom stereocenters. The Hall–Kier alpha value is -2.37. The molecule has 0 bridgehead atoms. The molecular weight excluding hydrogens is 239 g/mol. The summed E-state index contributed by atoms with van der Waals surface area (Å²) in [5.74, 6) is -2.65. The number of carboxylic acid groups (broad SMARTS) is 1. The predicted molar refractivity (Wildman–Crippen MR) is 64.5 cm³/mol. The van der Waals surface area contributed by atoms with E-state index in [-0.39, 0.29) is 17.7 Å². The summed E-state index contributed by atoms with van der Waals surface area (Å²) in [4.78, 5) is 22.6. The Morgan fingerprint density at radius 1 is 1.56 bits per heavy atom. The number of carboxylic acids is 1. The zero-order valence-electron chi connectivity index (χ0n) is 9.52. The van der Waals surface area contributed by atoms with Gasteiger partial charge in [0.1, 0.15) is 11.9 Å². The minimum Gasteiger partial charge on any atom is -0.480 e. The number of carbonyl (C=O) groups is 2. The first-order chi connectivity index (χ1) is 8.47. The van der Waals surface area contributed by atoms with E-state index >= 15 is 0 Å². The number of rotatable bonds is 5. The second-order valence-electron chi connectivity index (χ2n) is 3.59. The van der Waals surface area contributed by atoms with Crippen molar-refractivity contribution in [1.29, 1.82) is 0 Å². The summed E-state index contributed by atoms with van der Waals surface area (Å²) in [6.07, 6.45) is 1.43. The lowest BCUT2D eigenvalue weighted by molar-refractivity contribution is -0.139. The third-order valence-corrected chi connectivity index (χ3v) is 2.30. The number of nitrogens with two attached hydrogens (primary N) is 1. The number of nitrogens with one attached hydrogen (secondary N) is 1. The number of benzene rings is 1. The van der Waals surface area contributed by atoms with Crippen molar-refractivity contribution >= 4 is 17.6 Å². The lowest BCUT2D eigenvalue weighted by Crippen LogP contribution is -2.40. The smallest absolute Gasteiger partial charge is 0.326 e. The van der Waals surface area contributed by atoms with Gasteiger partial charge in [-0.25, -0.2) is 9.18 Å². The van der Waals surface area contributed by atoms with Gasteiger partial charge >= 0.3 is 5.97 Å². The molecule has 0 aromatic heterocycles. The van der Waals surface area contributed by atoms with Crippen molar-refractivity contribution < 1.29 is 19.1 Å². The van der Waals surface area contributed by atoms with E-state index < -0.39 is 23.7 Å². The number of hydrogen-bond donors (Lipinski definition) is 3. The number of carbonyl (C=O) groups excluding carboxylic acids is 1. The van der Waals surface area contributed by atoms with Crippen LogP contribution in [0.25, 0.3) is 0 Å². The number of nitrogen functional groups attached to an aromatic ring is 1. The van der Waals surface area contributed by atoms with Crippen LogP contribution in [0.4, 0.5) is 10.1 Å². The van der Waals surface area contributed by atoms with E-state index in [1.54, 1.807) is 0 Å². The zero-order chi connectivity index (χ0) is 13.7. The maximum Gasteiger partial charge on any atom is 0.326 e. The number of hydrogen-bond acceptors (Lipinski definition) is 3. The van der Waals surface area contributed by atoms with Crippen LogP contribution in [-0.2, 0) is 4.79 Å². The molecule has 4 N–H and O–H groups in total. The molecule has 0 radical (unpaired) electrons. The summed E-state index contributed by atoms with van der Waals surface area (Å²) in [5.41, 5.74) is 5.01. The van der Waals surface area contributed by atoms with E-state index in [9.17, 15) is 14.0 Å². The molecule has 0 heterocycles. The number of amides is 1. The van der Waals surface area contributed by atoms with Gasteiger partial charge in [0.2, 0.25) is 0 Å². The van der Waals surface area contributed by atoms with E-state index in [0.717, 1.165) is 6.07 Å². The monoisotopic (exact) mass is 252 g/mol. The first-order valence-corrected chi connectivity index (χ1v) is 5.16. The highest BCUT2D eigenvalue weighted by molar-refractivity contribution is 6.00. The van der Waals surface area contributed by atoms with Gasteiger partial charge in [-0.1, -0.05) is 12.1 Å². The van der Waals surface area contributed by atoms with E-state index in [2.05, 4.69) is 11.9 Å². The fourth-order valence-corrected chi connectivity index (χ4v) is 1.36. The molecule has 5 nitrogen and oxygen atoms in total. The average Bonchev–Trinajstić information content (AvgIpc) is 2.31. The summed E-state index contributed by atoms with van der Waals surface area (Å²) < 4.78 is 13.1. The first kappa shape index (κ1) is 13.7. The second kappa shape index (κ2) is 5.81. The standard InChI is InChI=1S/C12H13FN2O3/c1-2-4-9(12(17)18)15-11(16)7-5-3-6-8(13)10(7)14/h2-3,5-6,9H,1,4,14H2,(H,15,16)(H,17,18). The predicted octanol–water partition coefficient (Wildman–Crippen LogP) is 1.17. The average molecular weight is 252 g/mol. The van der Waals surface area contributed by atoms with E-state index in [0.29, 0.717) is 0 Å². The molecule has 96 valence electrons. The number of para-hydroxylation sites is 1. The fourth-order valence-electron chi connectivity index (χ4n) is 1.36. The fraction of sp³-hybridized carbons (Fsp3) is 0.167. The molecule has 0 aliphatic carbocycles. The lowest BCUT2D eigenvalue weighted by Gasteiger charge is -2.13. The Bertz CT molecular complexity index is 488. The summed E-state index contributed by atoms with van der Waals surface area (Å²) in [5, 5.41) is 11.1. The minimum atomic E-state index is -1.20. The highest BCUT2D eigenvalue weighted by atomic mass is 19.1. The van der Waals surface area contributed by atoms with Gasteiger partial charge in [0.15, 0.2) is 0 Å². The number of anilines is 1. The summed E-state index contributed by atoms with van der Waals surface area (Å²) in [6, 6.07) is 2.65. The van der Waals surface area contributed by atoms with E-state index in [1.807, 2.05) is 0 Å². The van der Waals surface area contributed by atoms with Crippen LogP contribution < -0.4 is 11.1 Å². The SMILES string of the molecule is C=CCC(NC(=O)c1cccc(F)c1N)C(=O)O. The first-order valence-electron chi connectivity index (χ1n) is 5.16. The van der Waals surface area contributed by atoms with Crippen molar-refractivity contribution in [3.05, 3.63) is 42.2 Å². The summed E-state index contributed by atoms with van der Waals surface area (Å²) in [7, 11) is 0. The van der Waals surface area contributed by atoms with Gasteiger partial charge in [0.25, 0.3) is 5.91 Å². The van der Waals surface area contributed by atoms with Gasteiger partial charge in [0.05, 0.1) is 11.3 Å². The third-order valence-electron chi connectivity index (χ3n) is 2.30. The normalized spacial score (nSPS) is 11.6. The van der Waals surface area contributed by atoms with Crippen LogP contribution in [0.1, 0.15) is 16.8 Å². The molecule has 1 aromatic rings. The maximum absolute atomic E-state index is 13.1. The van der Waals surface area contributed by atoms with Crippen LogP contribution in [0.2, 0.25) is 0 Å². The van der Waals surface area contributed by atoms with Crippen molar-refractivity contribution in [3.8, 4) is 0 Å². The van der Waals surface area contributed by atoms with Crippen LogP contribution in [0, 0.1) is 5.82 Å². The molecule has 0 saturated heterocycles. The van der Waals surface area contributed by atoms with Crippen LogP contribution in [-0.4, -0.2) is 23.0 Å². The van der Waals surface area contributed by atoms with E-state index in [1.165, 1.54) is 18.2 Å². The Labute approximate surface area is 103 Å². The minimum absolute atomic E-state index is 0.0658. The Morgan fingerprint density at radius 3 is 2.78 bits per heavy atom. The van der Waals surface area contributed by atoms with Crippen molar-refractivity contribution in [2.24, 2.45) is 0 Å². The van der Waals surface area contributed by atoms with Crippen LogP contribution >= 0.6 is 0 Å². The lowest BCUT2D eigenvalue weighted by atomic mass is 10.1. The highest BCUT2D eigenvalue weighted by Crippen LogP contribution is 2.15. The number of halogens is 1. The molecule has 18 heavy (non-hydrogen) atoms. The second-order valence-corrected chi connectivity index (χ2v) is 3.59. The van der Waals surface area contributed by atoms with Crippen LogP contribution in [0.15, 0.2) is 30.9 Å². The van der Waals surface area contributed by atoms with Crippen molar-refractivity contribution in [2.75, 3.05) is 5.73 Å². The van der Waals surface area contributed by atoms with Gasteiger partial charge in [-0.3, -0.25) is 4.79 Å². The van der Waals surface area contributed by atoms with Gasteiger partial charge in [0, 0.05) is 0 Å². The Kier molecular flexibility index (Phi) is 4.42. The van der Waals surface area contributed by atoms with Gasteiger partial charge < -0.3 is 16.2 Å². The largest absolute Gasteiger partial charge is 0.480 e. The van der Waals surface area contributed by atoms with Crippen LogP contribution in [0.5, 0.6) is 0 Å². The molecule has 1 rings (SSSR count). The quantitative estimate of drug-likeness (QED) is 0.541. The topological polar surface area (TPSA) is 92.4 Å². The number of aliphatic carboxylic acids is 1. The molecule has 0 saturated carbocycles. The molecular formula is C12H13FN2O3. The highest BCUT2D eigenvalue weighted by Gasteiger charge is 2.21. The van der Waals surface area contributed by atoms with Gasteiger partial charge in [-0.2, -0.15) is 0 Å². The van der Waals surface area contributed by atoms with Crippen molar-refractivity contribution in [3.63, 3.8) is 0 Å². The molecule has 0 aliphatic heterocycles. The van der Waals surface area contributed by atoms with Gasteiger partial charge in [-0.15, -0.1) is 6.58 Å². The Morgan fingerprint density at radius 2 is 2.22 bits per heavy atom. The molecule has 0 spiro atoms. The third kappa shape index (κ3) is 3.07. The summed E-state index contributed by atoms with van der Waals surface area (Å²) in [6.45, 7) is 3.40. The van der Waals surface area contributed by atoms with Crippen molar-refractivity contribution in [1.82, 2.24) is 5.32 Å². The van der Waals surface area contributed by atoms with Gasteiger partial charge in [-0.05, 0) is 18.6 Å². The molecule has 1 aromatic carbocycles. The molecule has 1 amide bonds. The molecule has 1 atom stereocenters. The van der Waals surface area contributed by atoms with Crippen molar-refractivity contribution in [2.45, 2.75) is 12.5 Å². The molecule has 0 aliphatic rings. The summed E-state index contributed by atoms with van der Waals surface area (Å²) >= 11 is 0. The van der Waals surface area contributed by atoms with Crippen LogP contribution in [0.3, 0.4) is 0 Å².